The predicted molar refractivity (Wildman–Crippen MR) is 105 cm³/mol. The highest BCUT2D eigenvalue weighted by Crippen LogP contribution is 2.31. The minimum Gasteiger partial charge on any atom is -0.284 e. The van der Waals surface area contributed by atoms with Gasteiger partial charge in [-0.15, -0.1) is 5.10 Å². The lowest BCUT2D eigenvalue weighted by Crippen LogP contribution is -2.31. The van der Waals surface area contributed by atoms with Gasteiger partial charge in [0.2, 0.25) is 5.91 Å². The Morgan fingerprint density at radius 2 is 1.88 bits per heavy atom. The van der Waals surface area contributed by atoms with Gasteiger partial charge < -0.3 is 0 Å². The highest BCUT2D eigenvalue weighted by atomic mass is 32.2. The Morgan fingerprint density at radius 1 is 1.15 bits per heavy atom. The van der Waals surface area contributed by atoms with Crippen LogP contribution in [0.25, 0.3) is 0 Å². The fraction of sp³-hybridized carbons (Fsp3) is 0.250. The highest BCUT2D eigenvalue weighted by Gasteiger charge is 2.37. The molecule has 3 rings (SSSR count). The van der Waals surface area contributed by atoms with E-state index in [2.05, 4.69) is 17.1 Å². The SMILES string of the molecule is CCC[C@H]1S/C(=N/N=C\c2ccccc2)N(Cc2ccc(F)cc2)C1=O. The summed E-state index contributed by atoms with van der Waals surface area (Å²) in [4.78, 5) is 14.3. The molecule has 1 saturated heterocycles. The molecule has 0 radical (unpaired) electrons. The van der Waals surface area contributed by atoms with Gasteiger partial charge in [0, 0.05) is 0 Å². The quantitative estimate of drug-likeness (QED) is 0.557. The summed E-state index contributed by atoms with van der Waals surface area (Å²) in [5, 5.41) is 8.88. The molecule has 1 atom stereocenters. The number of hydrogen-bond donors (Lipinski definition) is 0. The van der Waals surface area contributed by atoms with Gasteiger partial charge in [-0.2, -0.15) is 5.10 Å². The lowest BCUT2D eigenvalue weighted by Gasteiger charge is -2.15. The maximum absolute atomic E-state index is 13.1. The average Bonchev–Trinajstić information content (AvgIpc) is 2.94. The molecule has 4 nitrogen and oxygen atoms in total. The molecule has 0 N–H and O–H groups in total. The number of carbonyl (C=O) groups is 1. The molecule has 0 bridgehead atoms. The number of thioether (sulfide) groups is 1. The third-order valence-electron chi connectivity index (χ3n) is 3.97. The maximum Gasteiger partial charge on any atom is 0.242 e. The van der Waals surface area contributed by atoms with Gasteiger partial charge in [0.1, 0.15) is 5.82 Å². The molecule has 134 valence electrons. The first-order valence-corrected chi connectivity index (χ1v) is 9.44. The highest BCUT2D eigenvalue weighted by molar-refractivity contribution is 8.15. The van der Waals surface area contributed by atoms with Crippen LogP contribution in [-0.4, -0.2) is 27.4 Å². The molecule has 6 heteroatoms. The third kappa shape index (κ3) is 4.58. The molecular weight excluding hydrogens is 349 g/mol. The average molecular weight is 369 g/mol. The third-order valence-corrected chi connectivity index (χ3v) is 5.21. The van der Waals surface area contributed by atoms with E-state index in [1.54, 1.807) is 23.2 Å². The van der Waals surface area contributed by atoms with Crippen molar-refractivity contribution >= 4 is 29.1 Å². The van der Waals surface area contributed by atoms with Crippen LogP contribution in [0.4, 0.5) is 4.39 Å². The van der Waals surface area contributed by atoms with Gasteiger partial charge in [-0.1, -0.05) is 67.6 Å². The predicted octanol–water partition coefficient (Wildman–Crippen LogP) is 4.46. The molecule has 0 spiro atoms. The number of nitrogens with zero attached hydrogens (tertiary/aromatic N) is 3. The van der Waals surface area contributed by atoms with Crippen molar-refractivity contribution in [2.24, 2.45) is 10.2 Å². The fourth-order valence-electron chi connectivity index (χ4n) is 2.63. The summed E-state index contributed by atoms with van der Waals surface area (Å²) in [6.45, 7) is 2.42. The summed E-state index contributed by atoms with van der Waals surface area (Å²) < 4.78 is 13.1. The second-order valence-corrected chi connectivity index (χ2v) is 7.15. The lowest BCUT2D eigenvalue weighted by atomic mass is 10.2. The number of amides is 1. The Bertz CT molecular complexity index is 806. The first-order chi connectivity index (χ1) is 12.7. The van der Waals surface area contributed by atoms with Crippen molar-refractivity contribution < 1.29 is 9.18 Å². The van der Waals surface area contributed by atoms with Crippen LogP contribution >= 0.6 is 11.8 Å². The van der Waals surface area contributed by atoms with Crippen LogP contribution < -0.4 is 0 Å². The summed E-state index contributed by atoms with van der Waals surface area (Å²) >= 11 is 1.45. The van der Waals surface area contributed by atoms with E-state index in [0.29, 0.717) is 11.7 Å². The standard InChI is InChI=1S/C20H20FN3OS/c1-2-6-18-19(25)24(14-16-9-11-17(21)12-10-16)20(26-18)23-22-13-15-7-4-3-5-8-15/h3-5,7-13,18H,2,6,14H2,1H3/b22-13-,23-20+/t18-/m1/s1. The molecule has 1 fully saturated rings. The molecule has 26 heavy (non-hydrogen) atoms. The van der Waals surface area contributed by atoms with E-state index in [-0.39, 0.29) is 17.0 Å². The lowest BCUT2D eigenvalue weighted by molar-refractivity contribution is -0.126. The summed E-state index contributed by atoms with van der Waals surface area (Å²) in [6, 6.07) is 15.8. The van der Waals surface area contributed by atoms with Gasteiger partial charge in [0.05, 0.1) is 18.0 Å². The molecule has 0 aromatic heterocycles. The smallest absolute Gasteiger partial charge is 0.242 e. The van der Waals surface area contributed by atoms with Gasteiger partial charge in [0.15, 0.2) is 5.17 Å². The summed E-state index contributed by atoms with van der Waals surface area (Å²) in [7, 11) is 0. The zero-order chi connectivity index (χ0) is 18.4. The molecule has 0 saturated carbocycles. The van der Waals surface area contributed by atoms with Crippen molar-refractivity contribution in [3.63, 3.8) is 0 Å². The van der Waals surface area contributed by atoms with Crippen molar-refractivity contribution in [1.82, 2.24) is 4.90 Å². The largest absolute Gasteiger partial charge is 0.284 e. The van der Waals surface area contributed by atoms with Crippen molar-refractivity contribution in [2.75, 3.05) is 0 Å². The van der Waals surface area contributed by atoms with E-state index in [1.807, 2.05) is 30.3 Å². The van der Waals surface area contributed by atoms with E-state index in [9.17, 15) is 9.18 Å². The Hall–Kier alpha value is -2.47. The van der Waals surface area contributed by atoms with Gasteiger partial charge in [-0.25, -0.2) is 4.39 Å². The molecule has 1 aliphatic heterocycles. The first-order valence-electron chi connectivity index (χ1n) is 8.56. The van der Waals surface area contributed by atoms with Crippen LogP contribution in [0.2, 0.25) is 0 Å². The number of benzene rings is 2. The van der Waals surface area contributed by atoms with Crippen LogP contribution in [-0.2, 0) is 11.3 Å². The summed E-state index contributed by atoms with van der Waals surface area (Å²) in [5.74, 6) is -0.254. The molecule has 1 amide bonds. The van der Waals surface area contributed by atoms with E-state index in [4.69, 9.17) is 0 Å². The van der Waals surface area contributed by atoms with Gasteiger partial charge in [0.25, 0.3) is 0 Å². The number of hydrogen-bond acceptors (Lipinski definition) is 4. The van der Waals surface area contributed by atoms with Crippen molar-refractivity contribution in [1.29, 1.82) is 0 Å². The van der Waals surface area contributed by atoms with Gasteiger partial charge in [-0.05, 0) is 29.7 Å². The van der Waals surface area contributed by atoms with E-state index < -0.39 is 0 Å². The molecule has 1 aliphatic rings. The number of rotatable bonds is 6. The first kappa shape index (κ1) is 18.3. The Labute approximate surface area is 156 Å². The number of amidine groups is 1. The Kier molecular flexibility index (Phi) is 6.17. The minimum absolute atomic E-state index is 0.0369. The van der Waals surface area contributed by atoms with Crippen molar-refractivity contribution in [3.8, 4) is 0 Å². The van der Waals surface area contributed by atoms with Crippen molar-refractivity contribution in [3.05, 3.63) is 71.5 Å². The molecule has 2 aromatic rings. The van der Waals surface area contributed by atoms with Crippen LogP contribution in [0.1, 0.15) is 30.9 Å². The second kappa shape index (κ2) is 8.76. The monoisotopic (exact) mass is 369 g/mol. The second-order valence-electron chi connectivity index (χ2n) is 5.98. The number of carbonyl (C=O) groups excluding carboxylic acids is 1. The Balaban J connectivity index is 1.79. The van der Waals surface area contributed by atoms with Gasteiger partial charge in [-0.3, -0.25) is 9.69 Å². The molecule has 0 unspecified atom stereocenters. The molecule has 2 aromatic carbocycles. The van der Waals surface area contributed by atoms with E-state index >= 15 is 0 Å². The molecular formula is C20H20FN3OS. The van der Waals surface area contributed by atoms with Crippen molar-refractivity contribution in [2.45, 2.75) is 31.6 Å². The normalized spacial score (nSPS) is 19.0. The van der Waals surface area contributed by atoms with E-state index in [0.717, 1.165) is 24.0 Å². The van der Waals surface area contributed by atoms with Crippen LogP contribution in [0.15, 0.2) is 64.8 Å². The molecule has 1 heterocycles. The summed E-state index contributed by atoms with van der Waals surface area (Å²) in [5.41, 5.74) is 1.80. The van der Waals surface area contributed by atoms with Gasteiger partial charge >= 0.3 is 0 Å². The number of halogens is 1. The Morgan fingerprint density at radius 3 is 2.58 bits per heavy atom. The van der Waals surface area contributed by atoms with Crippen LogP contribution in [0.5, 0.6) is 0 Å². The van der Waals surface area contributed by atoms with Crippen LogP contribution in [0.3, 0.4) is 0 Å². The minimum atomic E-state index is -0.291. The summed E-state index contributed by atoms with van der Waals surface area (Å²) in [6.07, 6.45) is 3.39. The van der Waals surface area contributed by atoms with Crippen LogP contribution in [0, 0.1) is 5.82 Å². The maximum atomic E-state index is 13.1. The zero-order valence-corrected chi connectivity index (χ0v) is 15.3. The molecule has 0 aliphatic carbocycles. The zero-order valence-electron chi connectivity index (χ0n) is 14.5. The van der Waals surface area contributed by atoms with E-state index in [1.165, 1.54) is 23.9 Å². The topological polar surface area (TPSA) is 45.0 Å². The fourth-order valence-corrected chi connectivity index (χ4v) is 3.85.